The van der Waals surface area contributed by atoms with E-state index in [9.17, 15) is 9.59 Å². The molecule has 1 aromatic heterocycles. The second-order valence-corrected chi connectivity index (χ2v) is 14.0. The molecule has 2 N–H and O–H groups in total. The molecule has 10 heteroatoms. The highest BCUT2D eigenvalue weighted by atomic mass is 33.1. The van der Waals surface area contributed by atoms with Crippen LogP contribution in [0.15, 0.2) is 54.7 Å². The monoisotopic (exact) mass is 528 g/mol. The number of anilines is 1. The number of carbonyl (C=O) groups excluding carboxylic acids is 2. The number of para-hydroxylation sites is 2. The number of fused-ring (bicyclic) bond motifs is 6. The van der Waals surface area contributed by atoms with E-state index >= 15 is 0 Å². The van der Waals surface area contributed by atoms with E-state index < -0.39 is 15.7 Å². The molecule has 2 saturated heterocycles. The Kier molecular flexibility index (Phi) is 5.36. The van der Waals surface area contributed by atoms with Gasteiger partial charge in [-0.2, -0.15) is 0 Å². The number of nitrogens with zero attached hydrogens (tertiary/aromatic N) is 2. The first-order valence-electron chi connectivity index (χ1n) is 10.9. The van der Waals surface area contributed by atoms with Gasteiger partial charge in [0, 0.05) is 36.3 Å². The zero-order valence-corrected chi connectivity index (χ0v) is 22.2. The van der Waals surface area contributed by atoms with Crippen molar-refractivity contribution in [1.29, 1.82) is 0 Å². The number of rotatable bonds is 5. The second-order valence-electron chi connectivity index (χ2n) is 8.76. The topological polar surface area (TPSA) is 68.4 Å². The molecule has 2 amide bonds. The fourth-order valence-electron chi connectivity index (χ4n) is 5.98. The Morgan fingerprint density at radius 2 is 1.76 bits per heavy atom. The van der Waals surface area contributed by atoms with Crippen molar-refractivity contribution in [2.45, 2.75) is 28.2 Å². The van der Waals surface area contributed by atoms with Crippen molar-refractivity contribution in [3.63, 3.8) is 0 Å². The summed E-state index contributed by atoms with van der Waals surface area (Å²) >= 11 is 0. The van der Waals surface area contributed by atoms with Gasteiger partial charge >= 0.3 is 0 Å². The summed E-state index contributed by atoms with van der Waals surface area (Å²) in [6.45, 7) is 0. The number of benzene rings is 2. The molecule has 0 unspecified atom stereocenters. The number of hydrogen-bond acceptors (Lipinski definition) is 7. The first-order chi connectivity index (χ1) is 16.5. The van der Waals surface area contributed by atoms with Crippen LogP contribution >= 0.6 is 43.2 Å². The molecule has 34 heavy (non-hydrogen) atoms. The van der Waals surface area contributed by atoms with E-state index in [0.29, 0.717) is 6.42 Å². The van der Waals surface area contributed by atoms with Gasteiger partial charge in [0.2, 0.25) is 0 Å². The molecule has 3 aliphatic rings. The van der Waals surface area contributed by atoms with E-state index in [4.69, 9.17) is 0 Å². The first kappa shape index (κ1) is 22.6. The van der Waals surface area contributed by atoms with Crippen LogP contribution in [0, 0.1) is 0 Å². The normalized spacial score (nSPS) is 29.9. The van der Waals surface area contributed by atoms with Crippen molar-refractivity contribution in [3.05, 3.63) is 65.9 Å². The van der Waals surface area contributed by atoms with E-state index in [1.165, 1.54) is 32.4 Å². The number of nitrogens with one attached hydrogen (secondary N) is 2. The van der Waals surface area contributed by atoms with Crippen LogP contribution in [-0.2, 0) is 15.0 Å². The summed E-state index contributed by atoms with van der Waals surface area (Å²) in [5.74, 6) is -0.0269. The van der Waals surface area contributed by atoms with Crippen molar-refractivity contribution in [2.24, 2.45) is 0 Å². The average Bonchev–Trinajstić information content (AvgIpc) is 3.49. The Labute approximate surface area is 214 Å². The van der Waals surface area contributed by atoms with Gasteiger partial charge in [-0.15, -0.1) is 0 Å². The number of H-pyrrole nitrogens is 1. The van der Waals surface area contributed by atoms with E-state index in [-0.39, 0.29) is 18.0 Å². The van der Waals surface area contributed by atoms with Gasteiger partial charge in [0.1, 0.15) is 6.17 Å². The van der Waals surface area contributed by atoms with Crippen LogP contribution in [0.5, 0.6) is 0 Å². The standard InChI is InChI=1S/C24H24N4O2S4/c1-27-20(33-31-2)19(29)28-21-23(13-24(28,22(27)30)34-32-3,15-9-5-7-11-18(15)26-21)16-12-25-17-10-6-4-8-14(16)17/h4-12,20-21,25-26H,13H2,1-3H3/t20-,21+,23+,24-/m0/s1. The van der Waals surface area contributed by atoms with Crippen LogP contribution in [0.3, 0.4) is 0 Å². The highest BCUT2D eigenvalue weighted by Gasteiger charge is 2.72. The number of likely N-dealkylation sites (N-methyl/N-ethyl adjacent to an activating group) is 1. The Bertz CT molecular complexity index is 1310. The molecule has 0 bridgehead atoms. The second kappa shape index (κ2) is 8.08. The summed E-state index contributed by atoms with van der Waals surface area (Å²) < 4.78 is 0. The van der Waals surface area contributed by atoms with Gasteiger partial charge in [-0.05, 0) is 35.8 Å². The summed E-state index contributed by atoms with van der Waals surface area (Å²) in [6.07, 6.45) is 6.14. The largest absolute Gasteiger partial charge is 0.364 e. The molecular formula is C24H24N4O2S4. The molecular weight excluding hydrogens is 505 g/mol. The summed E-state index contributed by atoms with van der Waals surface area (Å²) in [4.78, 5) is 34.2. The van der Waals surface area contributed by atoms with Crippen LogP contribution in [-0.4, -0.2) is 62.6 Å². The lowest BCUT2D eigenvalue weighted by molar-refractivity contribution is -0.157. The van der Waals surface area contributed by atoms with Crippen molar-refractivity contribution in [2.75, 3.05) is 24.9 Å². The zero-order chi connectivity index (χ0) is 23.7. The molecule has 2 aromatic carbocycles. The molecule has 4 heterocycles. The van der Waals surface area contributed by atoms with Crippen molar-refractivity contribution < 1.29 is 9.59 Å². The summed E-state index contributed by atoms with van der Waals surface area (Å²) in [7, 11) is 7.76. The average molecular weight is 529 g/mol. The molecule has 6 rings (SSSR count). The van der Waals surface area contributed by atoms with E-state index in [1.807, 2.05) is 41.7 Å². The maximum atomic E-state index is 14.1. The lowest BCUT2D eigenvalue weighted by Gasteiger charge is -2.48. The fraction of sp³-hybridized carbons (Fsp3) is 0.333. The van der Waals surface area contributed by atoms with Crippen LogP contribution in [0.4, 0.5) is 5.69 Å². The van der Waals surface area contributed by atoms with Crippen LogP contribution in [0.25, 0.3) is 10.9 Å². The fourth-order valence-corrected chi connectivity index (χ4v) is 10.3. The zero-order valence-electron chi connectivity index (χ0n) is 18.9. The maximum Gasteiger partial charge on any atom is 0.261 e. The SMILES string of the molecule is CSS[C@H]1C(=O)N2[C@H]3Nc4ccccc4[C@@]3(c3c[nH]c4ccccc34)C[C@]2(SSC)C(=O)N1C. The number of hydrogen-bond donors (Lipinski definition) is 2. The molecule has 0 aliphatic carbocycles. The van der Waals surface area contributed by atoms with E-state index in [2.05, 4.69) is 40.8 Å². The van der Waals surface area contributed by atoms with E-state index in [1.54, 1.807) is 22.7 Å². The van der Waals surface area contributed by atoms with E-state index in [0.717, 1.165) is 27.7 Å². The minimum Gasteiger partial charge on any atom is -0.364 e. The third-order valence-corrected chi connectivity index (χ3v) is 11.6. The molecule has 3 aliphatic heterocycles. The highest BCUT2D eigenvalue weighted by molar-refractivity contribution is 8.77. The van der Waals surface area contributed by atoms with Crippen molar-refractivity contribution in [3.8, 4) is 0 Å². The van der Waals surface area contributed by atoms with Gasteiger partial charge in [0.05, 0.1) is 5.41 Å². The Morgan fingerprint density at radius 3 is 2.56 bits per heavy atom. The quantitative estimate of drug-likeness (QED) is 0.454. The Morgan fingerprint density at radius 1 is 1.00 bits per heavy atom. The molecule has 0 spiro atoms. The molecule has 4 atom stereocenters. The van der Waals surface area contributed by atoms with Gasteiger partial charge in [0.25, 0.3) is 11.8 Å². The molecule has 6 nitrogen and oxygen atoms in total. The van der Waals surface area contributed by atoms with Gasteiger partial charge < -0.3 is 15.2 Å². The Hall–Kier alpha value is -1.88. The van der Waals surface area contributed by atoms with Crippen LogP contribution in [0.1, 0.15) is 17.5 Å². The minimum absolute atomic E-state index is 0.00843. The van der Waals surface area contributed by atoms with Crippen molar-refractivity contribution in [1.82, 2.24) is 14.8 Å². The number of aromatic amines is 1. The molecule has 2 fully saturated rings. The molecule has 3 aromatic rings. The van der Waals surface area contributed by atoms with Gasteiger partial charge in [-0.25, -0.2) is 0 Å². The summed E-state index contributed by atoms with van der Waals surface area (Å²) in [5.41, 5.74) is 3.77. The maximum absolute atomic E-state index is 14.1. The molecule has 0 radical (unpaired) electrons. The molecule has 0 saturated carbocycles. The number of aromatic nitrogens is 1. The lowest BCUT2D eigenvalue weighted by Crippen LogP contribution is -2.68. The first-order valence-corrected chi connectivity index (χ1v) is 16.1. The lowest BCUT2D eigenvalue weighted by atomic mass is 9.72. The van der Waals surface area contributed by atoms with Gasteiger partial charge in [0.15, 0.2) is 10.2 Å². The van der Waals surface area contributed by atoms with Crippen LogP contribution in [0.2, 0.25) is 0 Å². The van der Waals surface area contributed by atoms with Gasteiger partial charge in [-0.3, -0.25) is 14.5 Å². The summed E-state index contributed by atoms with van der Waals surface area (Å²) in [5, 5.41) is 4.25. The third-order valence-electron chi connectivity index (χ3n) is 7.27. The van der Waals surface area contributed by atoms with Crippen LogP contribution < -0.4 is 5.32 Å². The third kappa shape index (κ3) is 2.76. The number of amides is 2. The summed E-state index contributed by atoms with van der Waals surface area (Å²) in [6, 6.07) is 16.6. The smallest absolute Gasteiger partial charge is 0.261 e. The molecule has 176 valence electrons. The predicted molar refractivity (Wildman–Crippen MR) is 146 cm³/mol. The van der Waals surface area contributed by atoms with Crippen molar-refractivity contribution >= 4 is 71.6 Å². The Balaban J connectivity index is 1.64. The van der Waals surface area contributed by atoms with Gasteiger partial charge in [-0.1, -0.05) is 79.6 Å². The number of piperazine rings is 1. The predicted octanol–water partition coefficient (Wildman–Crippen LogP) is 4.95. The highest BCUT2D eigenvalue weighted by Crippen LogP contribution is 2.64. The number of carbonyl (C=O) groups is 2. The minimum atomic E-state index is -0.996.